The molecule has 0 bridgehead atoms. The van der Waals surface area contributed by atoms with Crippen molar-refractivity contribution in [2.75, 3.05) is 0 Å². The summed E-state index contributed by atoms with van der Waals surface area (Å²) >= 11 is 8.09. The molecule has 0 radical (unpaired) electrons. The number of rotatable bonds is 3. The Morgan fingerprint density at radius 1 is 1.26 bits per heavy atom. The molecule has 1 heterocycles. The molecule has 0 spiro atoms. The van der Waals surface area contributed by atoms with Crippen LogP contribution in [0, 0.1) is 3.57 Å². The molecule has 1 aromatic carbocycles. The van der Waals surface area contributed by atoms with Gasteiger partial charge in [-0.05, 0) is 53.3 Å². The highest BCUT2D eigenvalue weighted by Crippen LogP contribution is 2.11. The van der Waals surface area contributed by atoms with E-state index >= 15 is 0 Å². The number of nitrogens with one attached hydrogen (secondary N) is 1. The minimum Gasteiger partial charge on any atom is -0.297 e. The lowest BCUT2D eigenvalue weighted by molar-refractivity contribution is 0.811. The van der Waals surface area contributed by atoms with E-state index in [1.54, 1.807) is 12.1 Å². The highest BCUT2D eigenvalue weighted by atomic mass is 127. The molecule has 0 aliphatic heterocycles. The van der Waals surface area contributed by atoms with E-state index < -0.39 is 5.69 Å². The normalized spacial score (nSPS) is 10.7. The number of aromatic amines is 1. The van der Waals surface area contributed by atoms with E-state index in [9.17, 15) is 9.59 Å². The minimum atomic E-state index is -0.518. The highest BCUT2D eigenvalue weighted by Gasteiger charge is 2.13. The monoisotopic (exact) mass is 390 g/mol. The highest BCUT2D eigenvalue weighted by molar-refractivity contribution is 14.1. The Kier molecular flexibility index (Phi) is 4.46. The summed E-state index contributed by atoms with van der Waals surface area (Å²) in [5, 5.41) is 0.138. The molecule has 100 valence electrons. The number of nitrogens with zero attached hydrogens (tertiary/aromatic N) is 1. The van der Waals surface area contributed by atoms with Crippen molar-refractivity contribution in [2.24, 2.45) is 0 Å². The fourth-order valence-corrected chi connectivity index (χ4v) is 2.45. The van der Waals surface area contributed by atoms with Crippen molar-refractivity contribution in [3.05, 3.63) is 59.4 Å². The first-order valence-electron chi connectivity index (χ1n) is 5.84. The van der Waals surface area contributed by atoms with Crippen molar-refractivity contribution in [1.29, 1.82) is 0 Å². The molecule has 0 unspecified atom stereocenters. The first-order valence-corrected chi connectivity index (χ1v) is 7.30. The lowest BCUT2D eigenvalue weighted by atomic mass is 10.2. The predicted octanol–water partition coefficient (Wildman–Crippen LogP) is 2.74. The van der Waals surface area contributed by atoms with Gasteiger partial charge in [0.2, 0.25) is 0 Å². The van der Waals surface area contributed by atoms with Crippen LogP contribution in [0.2, 0.25) is 5.15 Å². The fraction of sp³-hybridized carbons (Fsp3) is 0.231. The summed E-state index contributed by atoms with van der Waals surface area (Å²) in [6, 6.07) is 7.16. The molecule has 1 N–H and O–H groups in total. The van der Waals surface area contributed by atoms with Crippen LogP contribution in [-0.4, -0.2) is 9.55 Å². The minimum absolute atomic E-state index is 0.138. The average molecular weight is 391 g/mol. The maximum Gasteiger partial charge on any atom is 0.334 e. The third kappa shape index (κ3) is 2.92. The van der Waals surface area contributed by atoms with Gasteiger partial charge in [0.05, 0.1) is 11.3 Å². The first kappa shape index (κ1) is 14.3. The smallest absolute Gasteiger partial charge is 0.297 e. The van der Waals surface area contributed by atoms with Crippen molar-refractivity contribution in [3.63, 3.8) is 0 Å². The van der Waals surface area contributed by atoms with E-state index in [4.69, 9.17) is 11.6 Å². The van der Waals surface area contributed by atoms with Crippen LogP contribution in [0.25, 0.3) is 5.69 Å². The Labute approximate surface area is 128 Å². The van der Waals surface area contributed by atoms with Crippen molar-refractivity contribution < 1.29 is 0 Å². The molecule has 0 atom stereocenters. The Bertz CT molecular complexity index is 704. The van der Waals surface area contributed by atoms with Crippen LogP contribution in [-0.2, 0) is 6.42 Å². The predicted molar refractivity (Wildman–Crippen MR) is 84.4 cm³/mol. The Morgan fingerprint density at radius 2 is 1.89 bits per heavy atom. The molecule has 0 fully saturated rings. The van der Waals surface area contributed by atoms with Crippen LogP contribution >= 0.6 is 34.2 Å². The van der Waals surface area contributed by atoms with Crippen LogP contribution in [0.5, 0.6) is 0 Å². The molecule has 19 heavy (non-hydrogen) atoms. The molecule has 0 saturated heterocycles. The summed E-state index contributed by atoms with van der Waals surface area (Å²) in [6.07, 6.45) is 1.33. The van der Waals surface area contributed by atoms with Gasteiger partial charge in [0.1, 0.15) is 5.15 Å². The zero-order valence-corrected chi connectivity index (χ0v) is 13.2. The lowest BCUT2D eigenvalue weighted by Crippen LogP contribution is -2.36. The summed E-state index contributed by atoms with van der Waals surface area (Å²) in [5.74, 6) is 0. The van der Waals surface area contributed by atoms with E-state index in [2.05, 4.69) is 27.6 Å². The maximum atomic E-state index is 12.3. The lowest BCUT2D eigenvalue weighted by Gasteiger charge is -2.08. The zero-order valence-electron chi connectivity index (χ0n) is 10.2. The Balaban J connectivity index is 2.70. The molecule has 0 amide bonds. The van der Waals surface area contributed by atoms with Gasteiger partial charge in [-0.2, -0.15) is 0 Å². The number of H-pyrrole nitrogens is 1. The summed E-state index contributed by atoms with van der Waals surface area (Å²) in [7, 11) is 0. The standard InChI is InChI=1S/C13H12ClIN2O2/c1-2-3-10-11(14)16-13(19)17(12(10)18)9-6-4-8(15)5-7-9/h4-7H,2-3H2,1H3,(H,16,19). The van der Waals surface area contributed by atoms with Crippen LogP contribution in [0.1, 0.15) is 18.9 Å². The van der Waals surface area contributed by atoms with E-state index in [1.807, 2.05) is 19.1 Å². The number of aromatic nitrogens is 2. The summed E-state index contributed by atoms with van der Waals surface area (Å²) in [5.41, 5.74) is 0.121. The number of hydrogen-bond acceptors (Lipinski definition) is 2. The van der Waals surface area contributed by atoms with E-state index in [0.717, 1.165) is 14.6 Å². The van der Waals surface area contributed by atoms with Gasteiger partial charge in [-0.3, -0.25) is 9.78 Å². The Hall–Kier alpha value is -1.08. The van der Waals surface area contributed by atoms with Gasteiger partial charge in [0, 0.05) is 3.57 Å². The van der Waals surface area contributed by atoms with Crippen molar-refractivity contribution >= 4 is 34.2 Å². The van der Waals surface area contributed by atoms with Gasteiger partial charge in [-0.1, -0.05) is 24.9 Å². The second-order valence-corrected chi connectivity index (χ2v) is 5.71. The summed E-state index contributed by atoms with van der Waals surface area (Å²) in [6.45, 7) is 1.95. The third-order valence-electron chi connectivity index (χ3n) is 2.73. The van der Waals surface area contributed by atoms with Gasteiger partial charge >= 0.3 is 5.69 Å². The molecule has 2 aromatic rings. The molecular weight excluding hydrogens is 379 g/mol. The van der Waals surface area contributed by atoms with Crippen LogP contribution in [0.3, 0.4) is 0 Å². The first-order chi connectivity index (χ1) is 9.04. The van der Waals surface area contributed by atoms with E-state index in [1.165, 1.54) is 0 Å². The van der Waals surface area contributed by atoms with Crippen LogP contribution < -0.4 is 11.2 Å². The molecule has 4 nitrogen and oxygen atoms in total. The SMILES string of the molecule is CCCc1c(Cl)[nH]c(=O)n(-c2ccc(I)cc2)c1=O. The molecule has 0 aliphatic carbocycles. The van der Waals surface area contributed by atoms with Gasteiger partial charge in [0.25, 0.3) is 5.56 Å². The fourth-order valence-electron chi connectivity index (χ4n) is 1.84. The number of halogens is 2. The molecule has 6 heteroatoms. The van der Waals surface area contributed by atoms with Crippen molar-refractivity contribution in [2.45, 2.75) is 19.8 Å². The third-order valence-corrected chi connectivity index (χ3v) is 3.77. The van der Waals surface area contributed by atoms with E-state index in [-0.39, 0.29) is 10.7 Å². The average Bonchev–Trinajstić information content (AvgIpc) is 2.36. The van der Waals surface area contributed by atoms with Gasteiger partial charge in [-0.25, -0.2) is 9.36 Å². The second kappa shape index (κ2) is 5.92. The topological polar surface area (TPSA) is 54.9 Å². The Morgan fingerprint density at radius 3 is 2.47 bits per heavy atom. The molecular formula is C13H12ClIN2O2. The molecule has 1 aromatic heterocycles. The molecule has 2 rings (SSSR count). The zero-order chi connectivity index (χ0) is 14.0. The number of hydrogen-bond donors (Lipinski definition) is 1. The molecule has 0 aliphatic rings. The van der Waals surface area contributed by atoms with Gasteiger partial charge in [-0.15, -0.1) is 0 Å². The summed E-state index contributed by atoms with van der Waals surface area (Å²) in [4.78, 5) is 26.8. The van der Waals surface area contributed by atoms with Crippen LogP contribution in [0.15, 0.2) is 33.9 Å². The van der Waals surface area contributed by atoms with Crippen LogP contribution in [0.4, 0.5) is 0 Å². The second-order valence-electron chi connectivity index (χ2n) is 4.09. The van der Waals surface area contributed by atoms with E-state index in [0.29, 0.717) is 17.7 Å². The quantitative estimate of drug-likeness (QED) is 0.647. The molecule has 0 saturated carbocycles. The van der Waals surface area contributed by atoms with Gasteiger partial charge < -0.3 is 0 Å². The summed E-state index contributed by atoms with van der Waals surface area (Å²) < 4.78 is 2.15. The largest absolute Gasteiger partial charge is 0.334 e. The number of benzene rings is 1. The van der Waals surface area contributed by atoms with Crippen molar-refractivity contribution in [3.8, 4) is 5.69 Å². The van der Waals surface area contributed by atoms with Crippen molar-refractivity contribution in [1.82, 2.24) is 9.55 Å². The van der Waals surface area contributed by atoms with Gasteiger partial charge in [0.15, 0.2) is 0 Å². The maximum absolute atomic E-state index is 12.3.